The Bertz CT molecular complexity index is 1590. The lowest BCUT2D eigenvalue weighted by atomic mass is 10.0. The van der Waals surface area contributed by atoms with Crippen molar-refractivity contribution in [1.82, 2.24) is 15.2 Å². The zero-order valence-electron chi connectivity index (χ0n) is 21.7. The SMILES string of the molecule is Cc1[nH]c(/C=C2\C(=O)Nc3ccc(S(=O)(=O)N(C)c4cccc(Cl)c4)cc32)c(C)c1C(=O)N1CCNCC1.Cl. The van der Waals surface area contributed by atoms with Gasteiger partial charge in [-0.05, 0) is 61.9 Å². The third kappa shape index (κ3) is 5.29. The Morgan fingerprint density at radius 2 is 1.82 bits per heavy atom. The molecule has 3 aromatic rings. The molecule has 9 nitrogen and oxygen atoms in total. The van der Waals surface area contributed by atoms with Gasteiger partial charge in [0.25, 0.3) is 21.8 Å². The maximum Gasteiger partial charge on any atom is 0.264 e. The molecule has 0 aliphatic carbocycles. The number of hydrogen-bond acceptors (Lipinski definition) is 5. The smallest absolute Gasteiger partial charge is 0.264 e. The van der Waals surface area contributed by atoms with Crippen molar-refractivity contribution in [3.05, 3.63) is 75.6 Å². The second kappa shape index (κ2) is 11.1. The molecule has 2 amide bonds. The van der Waals surface area contributed by atoms with E-state index in [4.69, 9.17) is 11.6 Å². The molecule has 12 heteroatoms. The average molecular weight is 591 g/mol. The van der Waals surface area contributed by atoms with Crippen LogP contribution in [0.3, 0.4) is 0 Å². The number of aromatic nitrogens is 1. The first kappa shape index (κ1) is 28.7. The lowest BCUT2D eigenvalue weighted by molar-refractivity contribution is -0.110. The molecule has 206 valence electrons. The third-order valence-electron chi connectivity index (χ3n) is 6.99. The number of halogens is 2. The fourth-order valence-electron chi connectivity index (χ4n) is 4.85. The van der Waals surface area contributed by atoms with E-state index in [0.29, 0.717) is 51.9 Å². The summed E-state index contributed by atoms with van der Waals surface area (Å²) in [6, 6.07) is 11.1. The molecule has 2 aliphatic rings. The molecule has 0 atom stereocenters. The predicted molar refractivity (Wildman–Crippen MR) is 156 cm³/mol. The standard InChI is InChI=1S/C27H28ClN5O4S.ClH/c1-16-24(30-17(2)25(16)27(35)33-11-9-29-10-12-33)15-22-21-14-20(7-8-23(21)31-26(22)34)38(36,37)32(3)19-6-4-5-18(28)13-19;/h4-8,13-15,29-30H,9-12H2,1-3H3,(H,31,34);1H/b22-15-;. The van der Waals surface area contributed by atoms with Crippen LogP contribution in [0, 0.1) is 13.8 Å². The number of rotatable bonds is 5. The number of nitrogens with one attached hydrogen (secondary N) is 3. The van der Waals surface area contributed by atoms with Gasteiger partial charge in [0, 0.05) is 60.9 Å². The van der Waals surface area contributed by atoms with Crippen LogP contribution in [0.2, 0.25) is 5.02 Å². The Morgan fingerprint density at radius 3 is 2.51 bits per heavy atom. The van der Waals surface area contributed by atoms with E-state index < -0.39 is 10.0 Å². The average Bonchev–Trinajstić information content (AvgIpc) is 3.37. The highest BCUT2D eigenvalue weighted by Gasteiger charge is 2.30. The normalized spacial score (nSPS) is 16.1. The Labute approximate surface area is 238 Å². The van der Waals surface area contributed by atoms with Gasteiger partial charge in [-0.3, -0.25) is 13.9 Å². The molecule has 39 heavy (non-hydrogen) atoms. The number of aryl methyl sites for hydroxylation is 1. The Kier molecular flexibility index (Phi) is 8.13. The summed E-state index contributed by atoms with van der Waals surface area (Å²) < 4.78 is 28.0. The summed E-state index contributed by atoms with van der Waals surface area (Å²) in [6.07, 6.45) is 1.68. The highest BCUT2D eigenvalue weighted by molar-refractivity contribution is 7.92. The summed E-state index contributed by atoms with van der Waals surface area (Å²) >= 11 is 6.06. The number of nitrogens with zero attached hydrogens (tertiary/aromatic N) is 2. The number of fused-ring (bicyclic) bond motifs is 1. The van der Waals surface area contributed by atoms with E-state index >= 15 is 0 Å². The number of benzene rings is 2. The van der Waals surface area contributed by atoms with Gasteiger partial charge in [-0.25, -0.2) is 8.42 Å². The van der Waals surface area contributed by atoms with Crippen LogP contribution >= 0.6 is 24.0 Å². The number of aromatic amines is 1. The van der Waals surface area contributed by atoms with Gasteiger partial charge in [-0.15, -0.1) is 12.4 Å². The Morgan fingerprint density at radius 1 is 1.10 bits per heavy atom. The van der Waals surface area contributed by atoms with Gasteiger partial charge in [0.05, 0.1) is 21.7 Å². The fourth-order valence-corrected chi connectivity index (χ4v) is 6.25. The summed E-state index contributed by atoms with van der Waals surface area (Å²) in [5.74, 6) is -0.393. The van der Waals surface area contributed by atoms with E-state index in [1.807, 2.05) is 18.7 Å². The number of amides is 2. The van der Waals surface area contributed by atoms with E-state index in [0.717, 1.165) is 28.7 Å². The third-order valence-corrected chi connectivity index (χ3v) is 9.00. The monoisotopic (exact) mass is 589 g/mol. The summed E-state index contributed by atoms with van der Waals surface area (Å²) in [5, 5.41) is 6.47. The van der Waals surface area contributed by atoms with Crippen molar-refractivity contribution >= 4 is 68.9 Å². The second-order valence-corrected chi connectivity index (χ2v) is 11.8. The van der Waals surface area contributed by atoms with E-state index in [1.165, 1.54) is 19.2 Å². The van der Waals surface area contributed by atoms with Gasteiger partial charge < -0.3 is 20.5 Å². The molecule has 1 fully saturated rings. The lowest BCUT2D eigenvalue weighted by Crippen LogP contribution is -2.46. The largest absolute Gasteiger partial charge is 0.358 e. The minimum Gasteiger partial charge on any atom is -0.358 e. The zero-order valence-corrected chi connectivity index (χ0v) is 24.1. The molecule has 1 saturated heterocycles. The van der Waals surface area contributed by atoms with Gasteiger partial charge in [0.2, 0.25) is 0 Å². The molecule has 5 rings (SSSR count). The maximum absolute atomic E-state index is 13.4. The van der Waals surface area contributed by atoms with Crippen LogP contribution in [-0.4, -0.2) is 63.3 Å². The number of carbonyl (C=O) groups is 2. The minimum absolute atomic E-state index is 0. The molecule has 2 aromatic carbocycles. The molecular weight excluding hydrogens is 561 g/mol. The number of piperazine rings is 1. The first-order chi connectivity index (χ1) is 18.1. The number of anilines is 2. The molecule has 3 N–H and O–H groups in total. The molecule has 0 unspecified atom stereocenters. The number of H-pyrrole nitrogens is 1. The van der Waals surface area contributed by atoms with Gasteiger partial charge in [-0.1, -0.05) is 17.7 Å². The van der Waals surface area contributed by atoms with E-state index in [9.17, 15) is 18.0 Å². The predicted octanol–water partition coefficient (Wildman–Crippen LogP) is 4.07. The van der Waals surface area contributed by atoms with Crippen LogP contribution < -0.4 is 14.9 Å². The molecule has 0 saturated carbocycles. The number of hydrogen-bond donors (Lipinski definition) is 3. The molecule has 2 aliphatic heterocycles. The molecule has 1 aromatic heterocycles. The number of sulfonamides is 1. The van der Waals surface area contributed by atoms with Crippen LogP contribution in [-0.2, 0) is 14.8 Å². The summed E-state index contributed by atoms with van der Waals surface area (Å²) in [7, 11) is -2.48. The van der Waals surface area contributed by atoms with Gasteiger partial charge >= 0.3 is 0 Å². The van der Waals surface area contributed by atoms with Crippen molar-refractivity contribution in [2.24, 2.45) is 0 Å². The van der Waals surface area contributed by atoms with E-state index in [2.05, 4.69) is 15.6 Å². The van der Waals surface area contributed by atoms with Crippen LogP contribution in [0.25, 0.3) is 11.6 Å². The first-order valence-electron chi connectivity index (χ1n) is 12.2. The second-order valence-electron chi connectivity index (χ2n) is 9.38. The number of carbonyl (C=O) groups excluding carboxylic acids is 2. The maximum atomic E-state index is 13.4. The van der Waals surface area contributed by atoms with E-state index in [1.54, 1.807) is 36.4 Å². The molecule has 0 radical (unpaired) electrons. The molecule has 0 bridgehead atoms. The molecule has 0 spiro atoms. The first-order valence-corrected chi connectivity index (χ1v) is 14.0. The van der Waals surface area contributed by atoms with Gasteiger partial charge in [0.15, 0.2) is 0 Å². The minimum atomic E-state index is -3.93. The van der Waals surface area contributed by atoms with Gasteiger partial charge in [0.1, 0.15) is 0 Å². The van der Waals surface area contributed by atoms with Crippen molar-refractivity contribution in [1.29, 1.82) is 0 Å². The highest BCUT2D eigenvalue weighted by atomic mass is 35.5. The Balaban J connectivity index is 0.00000353. The van der Waals surface area contributed by atoms with Crippen LogP contribution in [0.1, 0.15) is 32.9 Å². The quantitative estimate of drug-likeness (QED) is 0.388. The van der Waals surface area contributed by atoms with Crippen molar-refractivity contribution < 1.29 is 18.0 Å². The van der Waals surface area contributed by atoms with Crippen molar-refractivity contribution in [2.75, 3.05) is 42.8 Å². The summed E-state index contributed by atoms with van der Waals surface area (Å²) in [6.45, 7) is 6.45. The summed E-state index contributed by atoms with van der Waals surface area (Å²) in [4.78, 5) is 31.2. The highest BCUT2D eigenvalue weighted by Crippen LogP contribution is 2.37. The van der Waals surface area contributed by atoms with E-state index in [-0.39, 0.29) is 29.1 Å². The Hall–Kier alpha value is -3.31. The van der Waals surface area contributed by atoms with Crippen LogP contribution in [0.4, 0.5) is 11.4 Å². The van der Waals surface area contributed by atoms with Gasteiger partial charge in [-0.2, -0.15) is 0 Å². The summed E-state index contributed by atoms with van der Waals surface area (Å²) in [5.41, 5.74) is 4.40. The molecule has 3 heterocycles. The van der Waals surface area contributed by atoms with Crippen molar-refractivity contribution in [3.63, 3.8) is 0 Å². The van der Waals surface area contributed by atoms with Crippen LogP contribution in [0.5, 0.6) is 0 Å². The molecular formula is C27H29Cl2N5O4S. The van der Waals surface area contributed by atoms with Crippen molar-refractivity contribution in [3.8, 4) is 0 Å². The van der Waals surface area contributed by atoms with Crippen molar-refractivity contribution in [2.45, 2.75) is 18.7 Å². The topological polar surface area (TPSA) is 115 Å². The zero-order chi connectivity index (χ0) is 27.2. The lowest BCUT2D eigenvalue weighted by Gasteiger charge is -2.27. The van der Waals surface area contributed by atoms with Crippen LogP contribution in [0.15, 0.2) is 47.4 Å². The fraction of sp³-hybridized carbons (Fsp3) is 0.259.